The van der Waals surface area contributed by atoms with Crippen molar-refractivity contribution in [2.45, 2.75) is 63.9 Å². The molecular weight excluding hydrogens is 1040 g/mol. The molecule has 1 aliphatic rings. The Balaban J connectivity index is 0.952. The van der Waals surface area contributed by atoms with Gasteiger partial charge in [-0.25, -0.2) is 14.4 Å². The van der Waals surface area contributed by atoms with Gasteiger partial charge in [0, 0.05) is 77.7 Å². The third-order valence-electron chi connectivity index (χ3n) is 13.8. The zero-order valence-electron chi connectivity index (χ0n) is 45.5. The Morgan fingerprint density at radius 1 is 0.476 bits per heavy atom. The first-order chi connectivity index (χ1) is 39.8. The SMILES string of the molecule is C=CCOC(=O)Nc1ccc(C(=O)NCCCC(CCCNC(=O)c2ccc(NC(=O)OCc3ccccc3)cc2)(CCCNC(=O)c2ccc(NC(=O)OCC3c4ccccc4-c4ccccc43)cc2)C(=O)NCCCC(N)=O)cc1. The lowest BCUT2D eigenvalue weighted by atomic mass is 9.74. The van der Waals surface area contributed by atoms with Crippen LogP contribution >= 0.6 is 0 Å². The molecule has 1 unspecified atom stereocenters. The second-order valence-electron chi connectivity index (χ2n) is 19.6. The van der Waals surface area contributed by atoms with Crippen LogP contribution in [0.25, 0.3) is 11.1 Å². The lowest BCUT2D eigenvalue weighted by Gasteiger charge is -2.33. The van der Waals surface area contributed by atoms with Gasteiger partial charge in [0.1, 0.15) is 19.8 Å². The number of fused-ring (bicyclic) bond motifs is 3. The predicted octanol–water partition coefficient (Wildman–Crippen LogP) is 9.83. The zero-order valence-corrected chi connectivity index (χ0v) is 45.5. The van der Waals surface area contributed by atoms with E-state index in [1.807, 2.05) is 66.7 Å². The monoisotopic (exact) mass is 1110 g/mol. The standard InChI is InChI=1S/C63H68N8O11/c1-2-40-80-60(77)69-47-27-21-44(22-28-47)56(73)65-37-11-33-63(59(76)68-36-10-20-55(64)72,34-12-38-66-57(74)45-23-29-48(30-24-45)70-61(78)81-41-43-14-4-3-5-15-43)35-13-39-67-58(75)46-25-31-49(32-26-46)71-62(79)82-42-54-52-18-8-6-16-50(52)51-17-7-9-19-53(51)54/h2-9,14-19,21-32,54H,1,10-13,20,33-42H2,(H2,64,72)(H,65,73)(H,66,74)(H,67,75)(H,68,76)(H,69,77)(H,70,78)(H,71,79). The highest BCUT2D eigenvalue weighted by molar-refractivity contribution is 5.97. The molecule has 0 radical (unpaired) electrons. The summed E-state index contributed by atoms with van der Waals surface area (Å²) in [6.07, 6.45) is 1.86. The number of benzene rings is 6. The smallest absolute Gasteiger partial charge is 0.411 e. The van der Waals surface area contributed by atoms with Crippen molar-refractivity contribution in [3.05, 3.63) is 198 Å². The Kier molecular flexibility index (Phi) is 22.3. The summed E-state index contributed by atoms with van der Waals surface area (Å²) in [7, 11) is 0. The number of nitrogens with two attached hydrogens (primary N) is 1. The highest BCUT2D eigenvalue weighted by atomic mass is 16.6. The molecule has 19 heteroatoms. The van der Waals surface area contributed by atoms with Crippen LogP contribution < -0.4 is 43.0 Å². The van der Waals surface area contributed by atoms with Crippen molar-refractivity contribution in [2.24, 2.45) is 11.1 Å². The topological polar surface area (TPSA) is 274 Å². The molecule has 0 bridgehead atoms. The number of nitrogens with one attached hydrogen (secondary N) is 7. The van der Waals surface area contributed by atoms with E-state index < -0.39 is 29.6 Å². The minimum atomic E-state index is -1.06. The van der Waals surface area contributed by atoms with E-state index in [1.165, 1.54) is 6.08 Å². The van der Waals surface area contributed by atoms with Gasteiger partial charge in [-0.2, -0.15) is 0 Å². The fourth-order valence-electron chi connectivity index (χ4n) is 9.59. The predicted molar refractivity (Wildman–Crippen MR) is 312 cm³/mol. The van der Waals surface area contributed by atoms with E-state index in [9.17, 15) is 38.4 Å². The summed E-state index contributed by atoms with van der Waals surface area (Å²) in [6.45, 7) is 4.54. The maximum atomic E-state index is 14.5. The molecule has 0 saturated heterocycles. The van der Waals surface area contributed by atoms with Crippen LogP contribution in [0.5, 0.6) is 0 Å². The first kappa shape index (κ1) is 59.9. The molecule has 9 N–H and O–H groups in total. The van der Waals surface area contributed by atoms with E-state index in [0.29, 0.717) is 78.7 Å². The molecule has 0 fully saturated rings. The van der Waals surface area contributed by atoms with Gasteiger partial charge < -0.3 is 41.2 Å². The fraction of sp³-hybridized carbons (Fsp3) is 0.270. The number of primary amides is 1. The van der Waals surface area contributed by atoms with Crippen molar-refractivity contribution in [3.63, 3.8) is 0 Å². The number of carbonyl (C=O) groups excluding carboxylic acids is 8. The molecule has 1 atom stereocenters. The molecule has 82 heavy (non-hydrogen) atoms. The summed E-state index contributed by atoms with van der Waals surface area (Å²) in [6, 6.07) is 44.3. The fourth-order valence-corrected chi connectivity index (χ4v) is 9.59. The Bertz CT molecular complexity index is 3130. The number of amides is 8. The van der Waals surface area contributed by atoms with Crippen molar-refractivity contribution < 1.29 is 52.6 Å². The first-order valence-electron chi connectivity index (χ1n) is 27.2. The molecule has 0 aliphatic heterocycles. The summed E-state index contributed by atoms with van der Waals surface area (Å²) in [4.78, 5) is 103. The van der Waals surface area contributed by atoms with Gasteiger partial charge in [0.2, 0.25) is 11.8 Å². The third kappa shape index (κ3) is 17.9. The zero-order chi connectivity index (χ0) is 58.1. The summed E-state index contributed by atoms with van der Waals surface area (Å²) in [5.41, 5.74) is 11.9. The molecule has 426 valence electrons. The van der Waals surface area contributed by atoms with Crippen LogP contribution in [0.4, 0.5) is 31.4 Å². The summed E-state index contributed by atoms with van der Waals surface area (Å²) in [5, 5.41) is 19.7. The van der Waals surface area contributed by atoms with Crippen LogP contribution in [0.3, 0.4) is 0 Å². The molecule has 6 aromatic rings. The van der Waals surface area contributed by atoms with Gasteiger partial charge >= 0.3 is 18.3 Å². The number of hydrogen-bond acceptors (Lipinski definition) is 11. The minimum absolute atomic E-state index is 0.0370. The first-order valence-corrected chi connectivity index (χ1v) is 27.2. The quantitative estimate of drug-likeness (QED) is 0.0124. The Hall–Kier alpha value is -9.78. The van der Waals surface area contributed by atoms with E-state index in [-0.39, 0.29) is 82.0 Å². The molecular formula is C63H68N8O11. The summed E-state index contributed by atoms with van der Waals surface area (Å²) < 4.78 is 15.9. The van der Waals surface area contributed by atoms with Crippen molar-refractivity contribution in [2.75, 3.05) is 55.3 Å². The average molecular weight is 1110 g/mol. The van der Waals surface area contributed by atoms with Gasteiger partial charge in [0.15, 0.2) is 0 Å². The molecule has 7 rings (SSSR count). The van der Waals surface area contributed by atoms with E-state index in [2.05, 4.69) is 55.9 Å². The van der Waals surface area contributed by atoms with Gasteiger partial charge in [0.05, 0.1) is 0 Å². The number of rotatable bonds is 29. The Morgan fingerprint density at radius 2 is 0.878 bits per heavy atom. The molecule has 1 aliphatic carbocycles. The number of carbonyl (C=O) groups is 8. The van der Waals surface area contributed by atoms with Gasteiger partial charge in [-0.05, 0) is 146 Å². The van der Waals surface area contributed by atoms with E-state index >= 15 is 0 Å². The highest BCUT2D eigenvalue weighted by Gasteiger charge is 2.37. The van der Waals surface area contributed by atoms with Gasteiger partial charge in [-0.15, -0.1) is 0 Å². The van der Waals surface area contributed by atoms with Crippen molar-refractivity contribution in [3.8, 4) is 11.1 Å². The lowest BCUT2D eigenvalue weighted by molar-refractivity contribution is -0.132. The molecule has 0 heterocycles. The molecule has 0 spiro atoms. The number of anilines is 3. The van der Waals surface area contributed by atoms with Crippen LogP contribution in [0.1, 0.15) is 105 Å². The van der Waals surface area contributed by atoms with Crippen LogP contribution in [-0.4, -0.2) is 87.2 Å². The van der Waals surface area contributed by atoms with E-state index in [0.717, 1.165) is 27.8 Å². The van der Waals surface area contributed by atoms with Crippen molar-refractivity contribution >= 4 is 64.9 Å². The molecule has 6 aromatic carbocycles. The Morgan fingerprint density at radius 3 is 1.32 bits per heavy atom. The van der Waals surface area contributed by atoms with E-state index in [4.69, 9.17) is 19.9 Å². The maximum absolute atomic E-state index is 14.5. The van der Waals surface area contributed by atoms with Crippen molar-refractivity contribution in [1.29, 1.82) is 0 Å². The average Bonchev–Trinajstić information content (AvgIpc) is 3.66. The number of ether oxygens (including phenoxy) is 3. The minimum Gasteiger partial charge on any atom is -0.448 e. The largest absolute Gasteiger partial charge is 0.448 e. The van der Waals surface area contributed by atoms with Crippen LogP contribution in [0.15, 0.2) is 164 Å². The van der Waals surface area contributed by atoms with Gasteiger partial charge in [0.25, 0.3) is 17.7 Å². The summed E-state index contributed by atoms with van der Waals surface area (Å²) in [5.74, 6) is -2.02. The van der Waals surface area contributed by atoms with Crippen LogP contribution in [0.2, 0.25) is 0 Å². The Labute approximate surface area is 476 Å². The molecule has 19 nitrogen and oxygen atoms in total. The third-order valence-corrected chi connectivity index (χ3v) is 13.8. The summed E-state index contributed by atoms with van der Waals surface area (Å²) >= 11 is 0. The highest BCUT2D eigenvalue weighted by Crippen LogP contribution is 2.44. The molecule has 0 aromatic heterocycles. The van der Waals surface area contributed by atoms with Gasteiger partial charge in [-0.1, -0.05) is 91.5 Å². The molecule has 0 saturated carbocycles. The van der Waals surface area contributed by atoms with Crippen molar-refractivity contribution in [1.82, 2.24) is 21.3 Å². The molecule has 8 amide bonds. The van der Waals surface area contributed by atoms with E-state index in [1.54, 1.807) is 72.8 Å². The van der Waals surface area contributed by atoms with Gasteiger partial charge in [-0.3, -0.25) is 39.9 Å². The number of hydrogen-bond donors (Lipinski definition) is 8. The maximum Gasteiger partial charge on any atom is 0.411 e. The normalized spacial score (nSPS) is 12.0. The van der Waals surface area contributed by atoms with Crippen LogP contribution in [0, 0.1) is 5.41 Å². The lowest BCUT2D eigenvalue weighted by Crippen LogP contribution is -2.43. The van der Waals surface area contributed by atoms with Crippen LogP contribution in [-0.2, 0) is 30.4 Å². The second kappa shape index (κ2) is 30.5. The second-order valence-corrected chi connectivity index (χ2v) is 19.6.